The van der Waals surface area contributed by atoms with E-state index in [0.717, 1.165) is 0 Å². The number of benzene rings is 1. The molecule has 1 aromatic heterocycles. The summed E-state index contributed by atoms with van der Waals surface area (Å²) in [5.41, 5.74) is 0.495. The lowest BCUT2D eigenvalue weighted by Crippen LogP contribution is -2.30. The highest BCUT2D eigenvalue weighted by molar-refractivity contribution is 7.94. The monoisotopic (exact) mass is 327 g/mol. The highest BCUT2D eigenvalue weighted by Crippen LogP contribution is 2.35. The lowest BCUT2D eigenvalue weighted by atomic mass is 10.2. The van der Waals surface area contributed by atoms with E-state index in [1.54, 1.807) is 49.7 Å². The molecule has 21 heavy (non-hydrogen) atoms. The Kier molecular flexibility index (Phi) is 4.74. The van der Waals surface area contributed by atoms with E-state index in [1.165, 1.54) is 22.8 Å². The first kappa shape index (κ1) is 15.7. The lowest BCUT2D eigenvalue weighted by molar-refractivity contribution is 0.395. The van der Waals surface area contributed by atoms with Gasteiger partial charge in [0.05, 0.1) is 19.9 Å². The first-order valence-corrected chi connectivity index (χ1v) is 8.64. The number of hydrogen-bond donors (Lipinski definition) is 0. The molecule has 0 aliphatic carbocycles. The van der Waals surface area contributed by atoms with Crippen LogP contribution >= 0.6 is 11.3 Å². The summed E-state index contributed by atoms with van der Waals surface area (Å²) in [4.78, 5) is 0. The number of ether oxygens (including phenoxy) is 2. The molecule has 0 saturated heterocycles. The first-order chi connectivity index (χ1) is 10.0. The molecule has 7 heteroatoms. The highest BCUT2D eigenvalue weighted by atomic mass is 32.2. The maximum atomic E-state index is 12.7. The Hall–Kier alpha value is -1.73. The summed E-state index contributed by atoms with van der Waals surface area (Å²) in [5.74, 6) is 1.07. The second-order valence-electron chi connectivity index (χ2n) is 4.14. The van der Waals surface area contributed by atoms with Crippen molar-refractivity contribution in [1.29, 1.82) is 0 Å². The Labute approximate surface area is 128 Å². The SMILES string of the molecule is CCN(c1ccc(OC)cc1OC)S(=O)(=O)c1cccs1. The first-order valence-electron chi connectivity index (χ1n) is 6.32. The predicted octanol–water partition coefficient (Wildman–Crippen LogP) is 2.98. The van der Waals surface area contributed by atoms with Crippen LogP contribution < -0.4 is 13.8 Å². The molecule has 0 aliphatic heterocycles. The van der Waals surface area contributed by atoms with Crippen molar-refractivity contribution >= 4 is 27.0 Å². The van der Waals surface area contributed by atoms with Gasteiger partial charge in [-0.2, -0.15) is 0 Å². The summed E-state index contributed by atoms with van der Waals surface area (Å²) in [6.45, 7) is 2.09. The summed E-state index contributed by atoms with van der Waals surface area (Å²) in [5, 5.41) is 1.74. The number of hydrogen-bond acceptors (Lipinski definition) is 5. The van der Waals surface area contributed by atoms with E-state index >= 15 is 0 Å². The molecule has 1 aromatic carbocycles. The van der Waals surface area contributed by atoms with Crippen LogP contribution in [0, 0.1) is 0 Å². The van der Waals surface area contributed by atoms with E-state index in [-0.39, 0.29) is 0 Å². The van der Waals surface area contributed by atoms with Gasteiger partial charge in [-0.25, -0.2) is 8.42 Å². The molecule has 5 nitrogen and oxygen atoms in total. The van der Waals surface area contributed by atoms with Crippen LogP contribution in [0.25, 0.3) is 0 Å². The molecule has 0 spiro atoms. The molecule has 0 amide bonds. The van der Waals surface area contributed by atoms with Gasteiger partial charge in [0, 0.05) is 12.6 Å². The molecule has 2 rings (SSSR count). The fourth-order valence-corrected chi connectivity index (χ4v) is 4.57. The Morgan fingerprint density at radius 3 is 2.48 bits per heavy atom. The molecule has 0 radical (unpaired) electrons. The van der Waals surface area contributed by atoms with Gasteiger partial charge in [0.2, 0.25) is 0 Å². The van der Waals surface area contributed by atoms with Crippen LogP contribution in [0.15, 0.2) is 39.9 Å². The van der Waals surface area contributed by atoms with Gasteiger partial charge >= 0.3 is 0 Å². The minimum atomic E-state index is -3.58. The third kappa shape index (κ3) is 2.98. The Morgan fingerprint density at radius 2 is 1.95 bits per heavy atom. The fraction of sp³-hybridized carbons (Fsp3) is 0.286. The van der Waals surface area contributed by atoms with Crippen molar-refractivity contribution in [3.8, 4) is 11.5 Å². The average Bonchev–Trinajstić information content (AvgIpc) is 3.03. The van der Waals surface area contributed by atoms with Crippen molar-refractivity contribution in [2.45, 2.75) is 11.1 Å². The lowest BCUT2D eigenvalue weighted by Gasteiger charge is -2.24. The van der Waals surface area contributed by atoms with Crippen molar-refractivity contribution in [3.63, 3.8) is 0 Å². The zero-order chi connectivity index (χ0) is 15.5. The van der Waals surface area contributed by atoms with Crippen molar-refractivity contribution < 1.29 is 17.9 Å². The van der Waals surface area contributed by atoms with Gasteiger partial charge in [0.15, 0.2) is 0 Å². The standard InChI is InChI=1S/C14H17NO4S2/c1-4-15(21(16,17)14-6-5-9-20-14)12-8-7-11(18-2)10-13(12)19-3/h5-10H,4H2,1-3H3. The Balaban J connectivity index is 2.52. The van der Waals surface area contributed by atoms with Crippen LogP contribution in [0.3, 0.4) is 0 Å². The van der Waals surface area contributed by atoms with Crippen LogP contribution in [-0.2, 0) is 10.0 Å². The second kappa shape index (κ2) is 6.36. The Morgan fingerprint density at radius 1 is 1.19 bits per heavy atom. The number of thiophene rings is 1. The number of rotatable bonds is 6. The second-order valence-corrected chi connectivity index (χ2v) is 7.18. The molecule has 114 valence electrons. The minimum absolute atomic E-state index is 0.308. The molecule has 0 saturated carbocycles. The zero-order valence-electron chi connectivity index (χ0n) is 12.1. The summed E-state index contributed by atoms with van der Waals surface area (Å²) < 4.78 is 37.5. The van der Waals surface area contributed by atoms with Crippen molar-refractivity contribution in [3.05, 3.63) is 35.7 Å². The number of methoxy groups -OCH3 is 2. The van der Waals surface area contributed by atoms with Gasteiger partial charge in [0.25, 0.3) is 10.0 Å². The van der Waals surface area contributed by atoms with Crippen molar-refractivity contribution in [2.24, 2.45) is 0 Å². The van der Waals surface area contributed by atoms with Crippen LogP contribution in [0.4, 0.5) is 5.69 Å². The minimum Gasteiger partial charge on any atom is -0.497 e. The van der Waals surface area contributed by atoms with Gasteiger partial charge in [-0.05, 0) is 30.5 Å². The third-order valence-corrected chi connectivity index (χ3v) is 6.24. The molecule has 0 unspecified atom stereocenters. The maximum Gasteiger partial charge on any atom is 0.273 e. The quantitative estimate of drug-likeness (QED) is 0.818. The van der Waals surface area contributed by atoms with Crippen LogP contribution in [0.1, 0.15) is 6.92 Å². The molecule has 1 heterocycles. The number of anilines is 1. The number of nitrogens with zero attached hydrogens (tertiary/aromatic N) is 1. The van der Waals surface area contributed by atoms with Crippen molar-refractivity contribution in [2.75, 3.05) is 25.1 Å². The highest BCUT2D eigenvalue weighted by Gasteiger charge is 2.27. The van der Waals surface area contributed by atoms with Gasteiger partial charge in [-0.15, -0.1) is 11.3 Å². The maximum absolute atomic E-state index is 12.7. The molecular weight excluding hydrogens is 310 g/mol. The normalized spacial score (nSPS) is 11.2. The van der Waals surface area contributed by atoms with Crippen LogP contribution in [0.5, 0.6) is 11.5 Å². The van der Waals surface area contributed by atoms with E-state index in [1.807, 2.05) is 0 Å². The van der Waals surface area contributed by atoms with Gasteiger partial charge in [-0.1, -0.05) is 6.07 Å². The topological polar surface area (TPSA) is 55.8 Å². The van der Waals surface area contributed by atoms with Crippen molar-refractivity contribution in [1.82, 2.24) is 0 Å². The molecule has 0 atom stereocenters. The average molecular weight is 327 g/mol. The molecule has 0 bridgehead atoms. The summed E-state index contributed by atoms with van der Waals surface area (Å²) in [6.07, 6.45) is 0. The van der Waals surface area contributed by atoms with Gasteiger partial charge < -0.3 is 9.47 Å². The largest absolute Gasteiger partial charge is 0.497 e. The number of sulfonamides is 1. The van der Waals surface area contributed by atoms with E-state index in [9.17, 15) is 8.42 Å². The zero-order valence-corrected chi connectivity index (χ0v) is 13.7. The molecule has 0 N–H and O–H groups in total. The van der Waals surface area contributed by atoms with Gasteiger partial charge in [-0.3, -0.25) is 4.31 Å². The summed E-state index contributed by atoms with van der Waals surface area (Å²) in [6, 6.07) is 8.38. The van der Waals surface area contributed by atoms with E-state index in [2.05, 4.69) is 0 Å². The molecule has 0 fully saturated rings. The summed E-state index contributed by atoms with van der Waals surface area (Å²) >= 11 is 1.19. The van der Waals surface area contributed by atoms with Crippen LogP contribution in [-0.4, -0.2) is 29.2 Å². The molecule has 2 aromatic rings. The molecular formula is C14H17NO4S2. The van der Waals surface area contributed by atoms with Crippen LogP contribution in [0.2, 0.25) is 0 Å². The fourth-order valence-electron chi connectivity index (χ4n) is 1.98. The third-order valence-electron chi connectivity index (χ3n) is 2.98. The van der Waals surface area contributed by atoms with E-state index in [0.29, 0.717) is 27.9 Å². The smallest absolute Gasteiger partial charge is 0.273 e. The summed E-state index contributed by atoms with van der Waals surface area (Å²) in [7, 11) is -0.528. The Bertz CT molecular complexity index is 696. The van der Waals surface area contributed by atoms with E-state index < -0.39 is 10.0 Å². The van der Waals surface area contributed by atoms with Gasteiger partial charge in [0.1, 0.15) is 15.7 Å². The predicted molar refractivity (Wildman–Crippen MR) is 84.1 cm³/mol. The van der Waals surface area contributed by atoms with E-state index in [4.69, 9.17) is 9.47 Å². The molecule has 0 aliphatic rings.